The van der Waals surface area contributed by atoms with Crippen molar-refractivity contribution in [1.29, 1.82) is 0 Å². The fourth-order valence-electron chi connectivity index (χ4n) is 5.48. The van der Waals surface area contributed by atoms with Gasteiger partial charge >= 0.3 is 0 Å². The van der Waals surface area contributed by atoms with Gasteiger partial charge in [0.15, 0.2) is 17.9 Å². The number of benzene rings is 2. The summed E-state index contributed by atoms with van der Waals surface area (Å²) >= 11 is 0. The van der Waals surface area contributed by atoms with E-state index in [0.717, 1.165) is 43.0 Å². The lowest BCUT2D eigenvalue weighted by molar-refractivity contribution is -0.236. The van der Waals surface area contributed by atoms with Crippen LogP contribution >= 0.6 is 0 Å². The standard InChI is InChI=1S/C32H45N3O7/c1-6-35(25-16-14-24(15-17-25)34-33-23-12-8-7-9-13-23)18-21-36-19-10-11-20-37-28-27(26-22-38-31(2,3)40-26)39-30-29(28)41-32(4,5)42-30/h7-9,12-17,26-30H,6,10-11,18-22H2,1-5H3/t26-,27-,28+,29+,30-/m1/s1. The Morgan fingerprint density at radius 2 is 1.52 bits per heavy atom. The molecule has 42 heavy (non-hydrogen) atoms. The van der Waals surface area contributed by atoms with Crippen LogP contribution in [-0.4, -0.2) is 81.8 Å². The largest absolute Gasteiger partial charge is 0.380 e. The van der Waals surface area contributed by atoms with Crippen molar-refractivity contribution in [2.75, 3.05) is 44.4 Å². The molecule has 0 unspecified atom stereocenters. The Hall–Kier alpha value is -2.44. The second-order valence-electron chi connectivity index (χ2n) is 11.7. The van der Waals surface area contributed by atoms with Gasteiger partial charge in [-0.1, -0.05) is 18.2 Å². The van der Waals surface area contributed by atoms with Crippen molar-refractivity contribution in [1.82, 2.24) is 0 Å². The first-order chi connectivity index (χ1) is 20.2. The van der Waals surface area contributed by atoms with Crippen LogP contribution in [0.15, 0.2) is 64.8 Å². The van der Waals surface area contributed by atoms with Crippen LogP contribution in [0.2, 0.25) is 0 Å². The molecule has 0 spiro atoms. The number of fused-ring (bicyclic) bond motifs is 1. The molecule has 0 aromatic heterocycles. The summed E-state index contributed by atoms with van der Waals surface area (Å²) in [6.45, 7) is 13.8. The molecule has 2 aromatic carbocycles. The molecule has 3 aliphatic heterocycles. The van der Waals surface area contributed by atoms with E-state index >= 15 is 0 Å². The van der Waals surface area contributed by atoms with E-state index in [-0.39, 0.29) is 24.4 Å². The van der Waals surface area contributed by atoms with Gasteiger partial charge in [-0.3, -0.25) is 0 Å². The molecule has 0 amide bonds. The van der Waals surface area contributed by atoms with Crippen molar-refractivity contribution < 1.29 is 33.2 Å². The fourth-order valence-corrected chi connectivity index (χ4v) is 5.48. The number of hydrogen-bond acceptors (Lipinski definition) is 10. The summed E-state index contributed by atoms with van der Waals surface area (Å²) in [5.74, 6) is -1.34. The van der Waals surface area contributed by atoms with Crippen molar-refractivity contribution in [2.45, 2.75) is 89.7 Å². The predicted octanol–water partition coefficient (Wildman–Crippen LogP) is 6.14. The van der Waals surface area contributed by atoms with Crippen molar-refractivity contribution in [3.05, 3.63) is 54.6 Å². The third-order valence-corrected chi connectivity index (χ3v) is 7.56. The zero-order valence-corrected chi connectivity index (χ0v) is 25.4. The number of ether oxygens (including phenoxy) is 7. The highest BCUT2D eigenvalue weighted by molar-refractivity contribution is 5.52. The lowest BCUT2D eigenvalue weighted by Crippen LogP contribution is -2.44. The molecule has 3 aliphatic rings. The van der Waals surface area contributed by atoms with E-state index in [9.17, 15) is 0 Å². The van der Waals surface area contributed by atoms with Crippen LogP contribution in [-0.2, 0) is 33.2 Å². The average molecular weight is 584 g/mol. The summed E-state index contributed by atoms with van der Waals surface area (Å²) in [7, 11) is 0. The van der Waals surface area contributed by atoms with Crippen LogP contribution in [0.4, 0.5) is 17.1 Å². The summed E-state index contributed by atoms with van der Waals surface area (Å²) < 4.78 is 42.4. The SMILES string of the molecule is CCN(CCOCCCCO[C@@H]1[C@@H]2OC(C)(C)O[C@H]2O[C@@H]1[C@H]1COC(C)(C)O1)c1ccc(N=Nc2ccccc2)cc1. The van der Waals surface area contributed by atoms with Gasteiger partial charge in [-0.05, 0) is 83.9 Å². The molecule has 0 aliphatic carbocycles. The molecule has 0 radical (unpaired) electrons. The molecule has 10 nitrogen and oxygen atoms in total. The van der Waals surface area contributed by atoms with E-state index < -0.39 is 17.9 Å². The molecular formula is C32H45N3O7. The summed E-state index contributed by atoms with van der Waals surface area (Å²) in [6.07, 6.45) is 0.176. The van der Waals surface area contributed by atoms with Crippen molar-refractivity contribution in [3.63, 3.8) is 0 Å². The number of anilines is 1. The summed E-state index contributed by atoms with van der Waals surface area (Å²) in [5.41, 5.74) is 2.80. The minimum absolute atomic E-state index is 0.231. The monoisotopic (exact) mass is 583 g/mol. The number of likely N-dealkylation sites (N-methyl/N-ethyl adjacent to an activating group) is 1. The van der Waals surface area contributed by atoms with Crippen LogP contribution in [0.25, 0.3) is 0 Å². The Morgan fingerprint density at radius 3 is 2.21 bits per heavy atom. The summed E-state index contributed by atoms with van der Waals surface area (Å²) in [6, 6.07) is 17.9. The minimum Gasteiger partial charge on any atom is -0.380 e. The first kappa shape index (κ1) is 31.0. The second-order valence-corrected chi connectivity index (χ2v) is 11.7. The number of nitrogens with zero attached hydrogens (tertiary/aromatic N) is 3. The first-order valence-corrected chi connectivity index (χ1v) is 15.1. The highest BCUT2D eigenvalue weighted by Crippen LogP contribution is 2.42. The van der Waals surface area contributed by atoms with Gasteiger partial charge in [-0.2, -0.15) is 10.2 Å². The third-order valence-electron chi connectivity index (χ3n) is 7.56. The molecule has 0 N–H and O–H groups in total. The molecular weight excluding hydrogens is 538 g/mol. The Balaban J connectivity index is 1.00. The quantitative estimate of drug-likeness (QED) is 0.194. The second kappa shape index (κ2) is 13.9. The van der Waals surface area contributed by atoms with Gasteiger partial charge < -0.3 is 38.1 Å². The van der Waals surface area contributed by atoms with E-state index in [0.29, 0.717) is 26.4 Å². The normalized spacial score (nSPS) is 28.0. The predicted molar refractivity (Wildman–Crippen MR) is 158 cm³/mol. The molecule has 3 fully saturated rings. The summed E-state index contributed by atoms with van der Waals surface area (Å²) in [5, 5.41) is 8.62. The maximum atomic E-state index is 6.33. The zero-order chi connectivity index (χ0) is 29.6. The molecule has 10 heteroatoms. The average Bonchev–Trinajstić information content (AvgIpc) is 3.60. The van der Waals surface area contributed by atoms with E-state index in [2.05, 4.69) is 34.2 Å². The van der Waals surface area contributed by atoms with E-state index in [1.807, 2.05) is 70.2 Å². The van der Waals surface area contributed by atoms with E-state index in [4.69, 9.17) is 33.2 Å². The Kier molecular flexibility index (Phi) is 10.3. The van der Waals surface area contributed by atoms with Gasteiger partial charge in [0, 0.05) is 32.0 Å². The van der Waals surface area contributed by atoms with Gasteiger partial charge in [-0.15, -0.1) is 0 Å². The van der Waals surface area contributed by atoms with E-state index in [1.165, 1.54) is 0 Å². The molecule has 5 atom stereocenters. The number of hydrogen-bond donors (Lipinski definition) is 0. The molecule has 5 rings (SSSR count). The number of unbranched alkanes of at least 4 members (excludes halogenated alkanes) is 1. The Labute approximate surface area is 249 Å². The van der Waals surface area contributed by atoms with Crippen LogP contribution < -0.4 is 4.90 Å². The molecule has 3 heterocycles. The topological polar surface area (TPSA) is 92.6 Å². The number of azo groups is 1. The molecule has 0 bridgehead atoms. The summed E-state index contributed by atoms with van der Waals surface area (Å²) in [4.78, 5) is 2.29. The van der Waals surface area contributed by atoms with Gasteiger partial charge in [0.2, 0.25) is 0 Å². The third kappa shape index (κ3) is 8.13. The van der Waals surface area contributed by atoms with Crippen LogP contribution in [0.1, 0.15) is 47.5 Å². The van der Waals surface area contributed by atoms with Crippen molar-refractivity contribution >= 4 is 17.1 Å². The van der Waals surface area contributed by atoms with Gasteiger partial charge in [0.1, 0.15) is 24.4 Å². The minimum atomic E-state index is -0.704. The van der Waals surface area contributed by atoms with Crippen LogP contribution in [0.3, 0.4) is 0 Å². The lowest BCUT2D eigenvalue weighted by Gasteiger charge is -2.29. The molecule has 0 saturated carbocycles. The number of rotatable bonds is 14. The Bertz CT molecular complexity index is 1140. The van der Waals surface area contributed by atoms with Gasteiger partial charge in [-0.25, -0.2) is 0 Å². The highest BCUT2D eigenvalue weighted by Gasteiger charge is 2.58. The van der Waals surface area contributed by atoms with Crippen LogP contribution in [0, 0.1) is 0 Å². The zero-order valence-electron chi connectivity index (χ0n) is 25.4. The molecule has 2 aromatic rings. The van der Waals surface area contributed by atoms with Crippen LogP contribution in [0.5, 0.6) is 0 Å². The smallest absolute Gasteiger partial charge is 0.190 e. The lowest BCUT2D eigenvalue weighted by atomic mass is 10.1. The fraction of sp³-hybridized carbons (Fsp3) is 0.625. The maximum absolute atomic E-state index is 6.33. The van der Waals surface area contributed by atoms with Crippen molar-refractivity contribution in [3.8, 4) is 0 Å². The molecule has 230 valence electrons. The van der Waals surface area contributed by atoms with Gasteiger partial charge in [0.25, 0.3) is 0 Å². The molecule has 3 saturated heterocycles. The van der Waals surface area contributed by atoms with Gasteiger partial charge in [0.05, 0.1) is 24.6 Å². The maximum Gasteiger partial charge on any atom is 0.190 e. The Morgan fingerprint density at radius 1 is 0.810 bits per heavy atom. The first-order valence-electron chi connectivity index (χ1n) is 15.1. The highest BCUT2D eigenvalue weighted by atomic mass is 16.8. The van der Waals surface area contributed by atoms with Crippen molar-refractivity contribution in [2.24, 2.45) is 10.2 Å². The van der Waals surface area contributed by atoms with E-state index in [1.54, 1.807) is 0 Å².